The summed E-state index contributed by atoms with van der Waals surface area (Å²) in [6, 6.07) is -0.878. The first kappa shape index (κ1) is 66.1. The van der Waals surface area contributed by atoms with Gasteiger partial charge in [0.15, 0.2) is 18.9 Å². The smallest absolute Gasteiger partial charge is 0.220 e. The molecule has 12 N–H and O–H groups in total. The molecule has 19 heteroatoms. The SMILES string of the molecule is CCCCCCCCCCCCCCCCCCCCCC(=O)NC(COC1OC(CO)C(OC2OC(CO)C(OC3OC(CO)C(O)C(O)C3O)C(O)C2O)C(O)C1O)C(O)CCCCCCCCCCC. The van der Waals surface area contributed by atoms with Gasteiger partial charge in [-0.3, -0.25) is 4.79 Å². The number of carbonyl (C=O) groups is 1. The van der Waals surface area contributed by atoms with E-state index in [4.69, 9.17) is 28.4 Å². The molecule has 0 aromatic heterocycles. The van der Waals surface area contributed by atoms with Crippen molar-refractivity contribution in [2.45, 2.75) is 311 Å². The van der Waals surface area contributed by atoms with Crippen LogP contribution in [0.25, 0.3) is 0 Å². The Hall–Kier alpha value is -1.21. The highest BCUT2D eigenvalue weighted by Crippen LogP contribution is 2.33. The molecule has 3 fully saturated rings. The van der Waals surface area contributed by atoms with Gasteiger partial charge in [0.2, 0.25) is 5.91 Å². The van der Waals surface area contributed by atoms with Crippen LogP contribution in [0.3, 0.4) is 0 Å². The molecule has 17 atom stereocenters. The predicted octanol–water partition coefficient (Wildman–Crippen LogP) is 4.04. The molecular formula is C54H103NO18. The number of carbonyl (C=O) groups excluding carboxylic acids is 1. The third-order valence-electron chi connectivity index (χ3n) is 14.9. The average molecular weight is 1050 g/mol. The highest BCUT2D eigenvalue weighted by Gasteiger charge is 2.53. The summed E-state index contributed by atoms with van der Waals surface area (Å²) in [5, 5.41) is 120. The maximum atomic E-state index is 13.3. The van der Waals surface area contributed by atoms with Crippen molar-refractivity contribution in [3.05, 3.63) is 0 Å². The van der Waals surface area contributed by atoms with Gasteiger partial charge in [0, 0.05) is 6.42 Å². The molecule has 0 aliphatic carbocycles. The minimum Gasteiger partial charge on any atom is -0.394 e. The number of unbranched alkanes of at least 4 members (excludes halogenated alkanes) is 26. The van der Waals surface area contributed by atoms with E-state index in [2.05, 4.69) is 19.2 Å². The number of hydrogen-bond donors (Lipinski definition) is 12. The topological polar surface area (TPSA) is 307 Å². The zero-order chi connectivity index (χ0) is 53.4. The molecule has 17 unspecified atom stereocenters. The van der Waals surface area contributed by atoms with Crippen LogP contribution >= 0.6 is 0 Å². The standard InChI is InChI=1S/C54H103NO18/c1-3-5-7-9-11-13-14-15-16-17-18-19-20-21-22-24-26-28-30-32-42(60)55-37(38(59)31-29-27-25-23-12-10-8-6-4-2)36-68-52-48(66)45(63)50(40(34-57)70-52)73-54-49(67)46(64)51(41(35-58)71-54)72-53-47(65)44(62)43(61)39(33-56)69-53/h37-41,43-54,56-59,61-67H,3-36H2,1-2H3,(H,55,60). The van der Waals surface area contributed by atoms with E-state index in [1.807, 2.05) is 0 Å². The molecule has 0 spiro atoms. The Labute approximate surface area is 436 Å². The second kappa shape index (κ2) is 39.2. The van der Waals surface area contributed by atoms with Gasteiger partial charge >= 0.3 is 0 Å². The summed E-state index contributed by atoms with van der Waals surface area (Å²) in [4.78, 5) is 13.3. The van der Waals surface area contributed by atoms with Crippen molar-refractivity contribution >= 4 is 5.91 Å². The van der Waals surface area contributed by atoms with Crippen molar-refractivity contribution < 1.29 is 89.4 Å². The second-order valence-electron chi connectivity index (χ2n) is 21.1. The predicted molar refractivity (Wildman–Crippen MR) is 273 cm³/mol. The maximum Gasteiger partial charge on any atom is 0.220 e. The molecule has 0 aromatic rings. The molecular weight excluding hydrogens is 951 g/mol. The number of amides is 1. The summed E-state index contributed by atoms with van der Waals surface area (Å²) in [5.74, 6) is -0.242. The number of ether oxygens (including phenoxy) is 6. The van der Waals surface area contributed by atoms with Crippen molar-refractivity contribution in [1.29, 1.82) is 0 Å². The lowest BCUT2D eigenvalue weighted by atomic mass is 9.96. The van der Waals surface area contributed by atoms with Crippen LogP contribution in [0.5, 0.6) is 0 Å². The zero-order valence-corrected chi connectivity index (χ0v) is 44.6. The van der Waals surface area contributed by atoms with Gasteiger partial charge in [-0.2, -0.15) is 0 Å². The molecule has 0 radical (unpaired) electrons. The second-order valence-corrected chi connectivity index (χ2v) is 21.1. The molecule has 3 saturated heterocycles. The van der Waals surface area contributed by atoms with Crippen LogP contribution in [-0.2, 0) is 33.2 Å². The minimum atomic E-state index is -1.97. The monoisotopic (exact) mass is 1050 g/mol. The Morgan fingerprint density at radius 1 is 0.438 bits per heavy atom. The molecule has 3 heterocycles. The van der Waals surface area contributed by atoms with Gasteiger partial charge in [-0.15, -0.1) is 0 Å². The maximum absolute atomic E-state index is 13.3. The van der Waals surface area contributed by atoms with Crippen LogP contribution in [0.15, 0.2) is 0 Å². The molecule has 3 aliphatic heterocycles. The Balaban J connectivity index is 1.47. The summed E-state index contributed by atoms with van der Waals surface area (Å²) < 4.78 is 34.2. The van der Waals surface area contributed by atoms with Crippen LogP contribution in [0.2, 0.25) is 0 Å². The van der Waals surface area contributed by atoms with Crippen LogP contribution in [0.1, 0.15) is 206 Å². The molecule has 3 aliphatic rings. The number of aliphatic hydroxyl groups excluding tert-OH is 11. The van der Waals surface area contributed by atoms with Crippen LogP contribution in [-0.4, -0.2) is 193 Å². The molecule has 19 nitrogen and oxygen atoms in total. The van der Waals surface area contributed by atoms with Gasteiger partial charge in [-0.25, -0.2) is 0 Å². The van der Waals surface area contributed by atoms with Crippen molar-refractivity contribution in [3.8, 4) is 0 Å². The van der Waals surface area contributed by atoms with E-state index in [0.29, 0.717) is 12.8 Å². The van der Waals surface area contributed by atoms with E-state index in [0.717, 1.165) is 44.9 Å². The fourth-order valence-electron chi connectivity index (χ4n) is 10.1. The molecule has 1 amide bonds. The zero-order valence-electron chi connectivity index (χ0n) is 44.6. The molecule has 0 saturated carbocycles. The summed E-state index contributed by atoms with van der Waals surface area (Å²) in [6.45, 7) is 1.76. The van der Waals surface area contributed by atoms with Crippen molar-refractivity contribution in [1.82, 2.24) is 5.32 Å². The molecule has 0 bridgehead atoms. The van der Waals surface area contributed by atoms with E-state index < -0.39 is 124 Å². The third kappa shape index (κ3) is 24.1. The van der Waals surface area contributed by atoms with Gasteiger partial charge in [0.25, 0.3) is 0 Å². The fraction of sp³-hybridized carbons (Fsp3) is 0.981. The van der Waals surface area contributed by atoms with E-state index in [1.54, 1.807) is 0 Å². The first-order chi connectivity index (χ1) is 35.3. The lowest BCUT2D eigenvalue weighted by Crippen LogP contribution is -2.66. The Morgan fingerprint density at radius 2 is 0.781 bits per heavy atom. The summed E-state index contributed by atoms with van der Waals surface area (Å²) in [5.41, 5.74) is 0. The summed E-state index contributed by atoms with van der Waals surface area (Å²) >= 11 is 0. The molecule has 3 rings (SSSR count). The minimum absolute atomic E-state index is 0.242. The number of rotatable bonds is 42. The Bertz CT molecular complexity index is 1350. The number of hydrogen-bond acceptors (Lipinski definition) is 18. The van der Waals surface area contributed by atoms with Crippen LogP contribution in [0.4, 0.5) is 0 Å². The number of aliphatic hydroxyl groups is 11. The largest absolute Gasteiger partial charge is 0.394 e. The van der Waals surface area contributed by atoms with E-state index >= 15 is 0 Å². The first-order valence-electron chi connectivity index (χ1n) is 28.8. The lowest BCUT2D eigenvalue weighted by Gasteiger charge is -2.48. The van der Waals surface area contributed by atoms with Gasteiger partial charge in [0.1, 0.15) is 73.2 Å². The summed E-state index contributed by atoms with van der Waals surface area (Å²) in [7, 11) is 0. The van der Waals surface area contributed by atoms with Gasteiger partial charge in [-0.05, 0) is 12.8 Å². The first-order valence-corrected chi connectivity index (χ1v) is 28.8. The Morgan fingerprint density at radius 3 is 1.19 bits per heavy atom. The fourth-order valence-corrected chi connectivity index (χ4v) is 10.1. The van der Waals surface area contributed by atoms with Gasteiger partial charge < -0.3 is 89.9 Å². The summed E-state index contributed by atoms with van der Waals surface area (Å²) in [6.07, 6.45) is 7.86. The highest BCUT2D eigenvalue weighted by atomic mass is 16.8. The van der Waals surface area contributed by atoms with E-state index in [9.17, 15) is 61.0 Å². The van der Waals surface area contributed by atoms with Crippen LogP contribution < -0.4 is 5.32 Å². The van der Waals surface area contributed by atoms with Crippen molar-refractivity contribution in [2.75, 3.05) is 26.4 Å². The van der Waals surface area contributed by atoms with Gasteiger partial charge in [0.05, 0.1) is 38.6 Å². The van der Waals surface area contributed by atoms with E-state index in [-0.39, 0.29) is 18.9 Å². The molecule has 73 heavy (non-hydrogen) atoms. The number of nitrogens with one attached hydrogen (secondary N) is 1. The van der Waals surface area contributed by atoms with Crippen LogP contribution in [0, 0.1) is 0 Å². The molecule has 0 aromatic carbocycles. The van der Waals surface area contributed by atoms with Crippen molar-refractivity contribution in [2.24, 2.45) is 0 Å². The quantitative estimate of drug-likeness (QED) is 0.0384. The highest BCUT2D eigenvalue weighted by molar-refractivity contribution is 5.76. The van der Waals surface area contributed by atoms with E-state index in [1.165, 1.54) is 128 Å². The van der Waals surface area contributed by atoms with Crippen molar-refractivity contribution in [3.63, 3.8) is 0 Å². The normalized spacial score (nSPS) is 31.7. The average Bonchev–Trinajstić information content (AvgIpc) is 3.39. The third-order valence-corrected chi connectivity index (χ3v) is 14.9. The Kier molecular flexibility index (Phi) is 35.5. The van der Waals surface area contributed by atoms with Gasteiger partial charge in [-0.1, -0.05) is 187 Å². The lowest BCUT2D eigenvalue weighted by molar-refractivity contribution is -0.379. The molecule has 432 valence electrons.